The van der Waals surface area contributed by atoms with Gasteiger partial charge in [0, 0.05) is 0 Å². The van der Waals surface area contributed by atoms with E-state index in [1.165, 1.54) is 75.8 Å². The van der Waals surface area contributed by atoms with Gasteiger partial charge in [-0.1, -0.05) is 60.9 Å². The highest BCUT2D eigenvalue weighted by Gasteiger charge is 2.31. The first kappa shape index (κ1) is 21.6. The summed E-state index contributed by atoms with van der Waals surface area (Å²) < 4.78 is 13.8. The molecule has 2 heteroatoms. The van der Waals surface area contributed by atoms with Crippen molar-refractivity contribution in [2.45, 2.75) is 70.1 Å². The molecule has 30 heavy (non-hydrogen) atoms. The minimum atomic E-state index is -0.355. The second-order valence-electron chi connectivity index (χ2n) is 9.51. The summed E-state index contributed by atoms with van der Waals surface area (Å²) in [4.78, 5) is 0. The summed E-state index contributed by atoms with van der Waals surface area (Å²) >= 11 is 5.81. The van der Waals surface area contributed by atoms with Gasteiger partial charge in [-0.25, -0.2) is 4.39 Å². The molecule has 2 aromatic carbocycles. The molecule has 0 bridgehead atoms. The molecule has 0 aromatic heterocycles. The largest absolute Gasteiger partial charge is 0.205 e. The van der Waals surface area contributed by atoms with Crippen LogP contribution in [0.5, 0.6) is 0 Å². The van der Waals surface area contributed by atoms with Crippen molar-refractivity contribution in [2.24, 2.45) is 17.8 Å². The molecule has 0 radical (unpaired) electrons. The molecule has 4 rings (SSSR count). The minimum Gasteiger partial charge on any atom is -0.205 e. The summed E-state index contributed by atoms with van der Waals surface area (Å²) in [6.45, 7) is 3.87. The Balaban J connectivity index is 1.29. The molecule has 0 spiro atoms. The normalized spacial score (nSPS) is 27.0. The molecule has 0 nitrogen and oxygen atoms in total. The summed E-state index contributed by atoms with van der Waals surface area (Å²) in [7, 11) is 0. The highest BCUT2D eigenvalue weighted by Crippen LogP contribution is 2.44. The van der Waals surface area contributed by atoms with Crippen LogP contribution in [-0.4, -0.2) is 0 Å². The predicted octanol–water partition coefficient (Wildman–Crippen LogP) is 9.19. The maximum absolute atomic E-state index is 13.8. The zero-order valence-electron chi connectivity index (χ0n) is 18.0. The van der Waals surface area contributed by atoms with E-state index in [2.05, 4.69) is 36.9 Å². The lowest BCUT2D eigenvalue weighted by Crippen LogP contribution is -2.25. The quantitative estimate of drug-likeness (QED) is 0.405. The van der Waals surface area contributed by atoms with E-state index in [0.29, 0.717) is 5.92 Å². The molecule has 0 heterocycles. The summed E-state index contributed by atoms with van der Waals surface area (Å²) in [6, 6.07) is 13.8. The summed E-state index contributed by atoms with van der Waals surface area (Å²) in [5.41, 5.74) is 3.38. The van der Waals surface area contributed by atoms with Gasteiger partial charge in [0.15, 0.2) is 0 Å². The Labute approximate surface area is 186 Å². The summed E-state index contributed by atoms with van der Waals surface area (Å²) in [6.07, 6.45) is 15.8. The van der Waals surface area contributed by atoms with Gasteiger partial charge in [-0.05, 0) is 104 Å². The fourth-order valence-electron chi connectivity index (χ4n) is 5.85. The summed E-state index contributed by atoms with van der Waals surface area (Å²) in [5, 5.41) is 0.178. The number of allylic oxidation sites excluding steroid dienone is 1. The zero-order chi connectivity index (χ0) is 20.9. The standard InChI is InChI=1S/C28H34ClF/c1-2-3-4-20-5-7-21(8-6-20)22-9-11-23(12-10-22)24-13-15-25(16-14-24)26-17-18-27(29)28(30)19-26/h2,13-23H,1,3-12H2/t20-,21-,22?,23?. The Kier molecular flexibility index (Phi) is 7.31. The second kappa shape index (κ2) is 10.1. The van der Waals surface area contributed by atoms with Crippen LogP contribution in [0, 0.1) is 23.6 Å². The molecule has 2 aromatic rings. The first-order chi connectivity index (χ1) is 14.6. The van der Waals surface area contributed by atoms with Gasteiger partial charge in [-0.15, -0.1) is 6.58 Å². The van der Waals surface area contributed by atoms with E-state index in [1.807, 2.05) is 6.07 Å². The van der Waals surface area contributed by atoms with Gasteiger partial charge < -0.3 is 0 Å². The monoisotopic (exact) mass is 424 g/mol. The second-order valence-corrected chi connectivity index (χ2v) is 9.92. The van der Waals surface area contributed by atoms with E-state index < -0.39 is 0 Å². The molecule has 0 atom stereocenters. The highest BCUT2D eigenvalue weighted by molar-refractivity contribution is 6.30. The number of benzene rings is 2. The van der Waals surface area contributed by atoms with Crippen molar-refractivity contribution in [1.29, 1.82) is 0 Å². The van der Waals surface area contributed by atoms with Crippen LogP contribution in [0.15, 0.2) is 55.1 Å². The van der Waals surface area contributed by atoms with Gasteiger partial charge in [-0.3, -0.25) is 0 Å². The van der Waals surface area contributed by atoms with Gasteiger partial charge >= 0.3 is 0 Å². The smallest absolute Gasteiger partial charge is 0.142 e. The van der Waals surface area contributed by atoms with Gasteiger partial charge in [0.2, 0.25) is 0 Å². The Morgan fingerprint density at radius 1 is 0.833 bits per heavy atom. The van der Waals surface area contributed by atoms with E-state index >= 15 is 0 Å². The first-order valence-corrected chi connectivity index (χ1v) is 12.2. The number of hydrogen-bond acceptors (Lipinski definition) is 0. The fourth-order valence-corrected chi connectivity index (χ4v) is 5.97. The van der Waals surface area contributed by atoms with Crippen molar-refractivity contribution in [3.63, 3.8) is 0 Å². The van der Waals surface area contributed by atoms with E-state index in [9.17, 15) is 4.39 Å². The average molecular weight is 425 g/mol. The van der Waals surface area contributed by atoms with Crippen molar-refractivity contribution >= 4 is 11.6 Å². The van der Waals surface area contributed by atoms with Crippen molar-refractivity contribution in [2.75, 3.05) is 0 Å². The average Bonchev–Trinajstić information content (AvgIpc) is 2.80. The third kappa shape index (κ3) is 5.17. The van der Waals surface area contributed by atoms with Gasteiger partial charge in [0.25, 0.3) is 0 Å². The molecule has 0 amide bonds. The van der Waals surface area contributed by atoms with E-state index in [4.69, 9.17) is 11.6 Å². The van der Waals surface area contributed by atoms with E-state index in [1.54, 1.807) is 6.07 Å². The van der Waals surface area contributed by atoms with E-state index in [0.717, 1.165) is 28.9 Å². The van der Waals surface area contributed by atoms with Crippen LogP contribution in [0.2, 0.25) is 5.02 Å². The maximum Gasteiger partial charge on any atom is 0.142 e. The van der Waals surface area contributed by atoms with Crippen molar-refractivity contribution in [3.8, 4) is 11.1 Å². The third-order valence-electron chi connectivity index (χ3n) is 7.74. The van der Waals surface area contributed by atoms with Crippen LogP contribution in [0.3, 0.4) is 0 Å². The molecule has 0 unspecified atom stereocenters. The van der Waals surface area contributed by atoms with Gasteiger partial charge in [0.05, 0.1) is 5.02 Å². The highest BCUT2D eigenvalue weighted by atomic mass is 35.5. The molecule has 0 saturated heterocycles. The van der Waals surface area contributed by atoms with Gasteiger partial charge in [-0.2, -0.15) is 0 Å². The Bertz CT molecular complexity index is 824. The van der Waals surface area contributed by atoms with Crippen molar-refractivity contribution in [1.82, 2.24) is 0 Å². The lowest BCUT2D eigenvalue weighted by atomic mass is 9.68. The Hall–Kier alpha value is -1.60. The van der Waals surface area contributed by atoms with Crippen LogP contribution in [0.1, 0.15) is 75.7 Å². The molecule has 0 aliphatic heterocycles. The lowest BCUT2D eigenvalue weighted by molar-refractivity contribution is 0.157. The van der Waals surface area contributed by atoms with Crippen LogP contribution in [0.25, 0.3) is 11.1 Å². The first-order valence-electron chi connectivity index (χ1n) is 11.8. The third-order valence-corrected chi connectivity index (χ3v) is 8.05. The topological polar surface area (TPSA) is 0 Å². The van der Waals surface area contributed by atoms with Gasteiger partial charge in [0.1, 0.15) is 5.82 Å². The van der Waals surface area contributed by atoms with Crippen molar-refractivity contribution in [3.05, 3.63) is 71.5 Å². The molecule has 2 aliphatic rings. The molecule has 2 fully saturated rings. The lowest BCUT2D eigenvalue weighted by Gasteiger charge is -2.38. The minimum absolute atomic E-state index is 0.178. The number of rotatable bonds is 6. The predicted molar refractivity (Wildman–Crippen MR) is 126 cm³/mol. The molecular weight excluding hydrogens is 391 g/mol. The Morgan fingerprint density at radius 3 is 2.03 bits per heavy atom. The Morgan fingerprint density at radius 2 is 1.43 bits per heavy atom. The molecule has 0 N–H and O–H groups in total. The fraction of sp³-hybridized carbons (Fsp3) is 0.500. The van der Waals surface area contributed by atoms with Crippen LogP contribution in [-0.2, 0) is 0 Å². The number of hydrogen-bond donors (Lipinski definition) is 0. The molecule has 2 aliphatic carbocycles. The van der Waals surface area contributed by atoms with Crippen molar-refractivity contribution < 1.29 is 4.39 Å². The molecule has 160 valence electrons. The maximum atomic E-state index is 13.8. The molecular formula is C28H34ClF. The van der Waals surface area contributed by atoms with Crippen LogP contribution < -0.4 is 0 Å². The zero-order valence-corrected chi connectivity index (χ0v) is 18.7. The number of halogens is 2. The van der Waals surface area contributed by atoms with Crippen LogP contribution in [0.4, 0.5) is 4.39 Å². The summed E-state index contributed by atoms with van der Waals surface area (Å²) in [5.74, 6) is 3.18. The van der Waals surface area contributed by atoms with E-state index in [-0.39, 0.29) is 10.8 Å². The molecule has 2 saturated carbocycles. The van der Waals surface area contributed by atoms with Crippen LogP contribution >= 0.6 is 11.6 Å². The SMILES string of the molecule is C=CCC[C@H]1CC[C@H](C2CCC(c3ccc(-c4ccc(Cl)c(F)c4)cc3)CC2)CC1.